The fourth-order valence-electron chi connectivity index (χ4n) is 1.56. The van der Waals surface area contributed by atoms with Gasteiger partial charge in [0, 0.05) is 12.6 Å². The number of amides is 1. The normalized spacial score (nSPS) is 12.1. The molecule has 0 aromatic heterocycles. The number of hydrogen-bond acceptors (Lipinski definition) is 2. The quantitative estimate of drug-likeness (QED) is 0.764. The zero-order valence-corrected chi connectivity index (χ0v) is 11.4. The summed E-state index contributed by atoms with van der Waals surface area (Å²) in [6, 6.07) is 0.396. The second-order valence-corrected chi connectivity index (χ2v) is 3.49. The van der Waals surface area contributed by atoms with Crippen LogP contribution in [0, 0.1) is 0 Å². The lowest BCUT2D eigenvalue weighted by Crippen LogP contribution is -2.47. The molecule has 0 saturated heterocycles. The highest BCUT2D eigenvalue weighted by Crippen LogP contribution is 2.04. The van der Waals surface area contributed by atoms with Gasteiger partial charge in [-0.15, -0.1) is 0 Å². The summed E-state index contributed by atoms with van der Waals surface area (Å²) < 4.78 is 0. The minimum atomic E-state index is -0.0232. The van der Waals surface area contributed by atoms with Gasteiger partial charge in [-0.1, -0.05) is 20.8 Å². The zero-order chi connectivity index (χ0) is 12.4. The van der Waals surface area contributed by atoms with Gasteiger partial charge in [-0.3, -0.25) is 9.69 Å². The molecule has 1 N–H and O–H groups in total. The lowest BCUT2D eigenvalue weighted by molar-refractivity contribution is -0.126. The summed E-state index contributed by atoms with van der Waals surface area (Å²) in [5.74, 6) is 0.123. The minimum Gasteiger partial charge on any atom is -0.355 e. The highest BCUT2D eigenvalue weighted by atomic mass is 16.2. The van der Waals surface area contributed by atoms with E-state index in [1.54, 1.807) is 0 Å². The molecule has 15 heavy (non-hydrogen) atoms. The maximum Gasteiger partial charge on any atom is 0.237 e. The van der Waals surface area contributed by atoms with Crippen LogP contribution in [0.1, 0.15) is 48.5 Å². The summed E-state index contributed by atoms with van der Waals surface area (Å²) >= 11 is 0. The molecule has 0 bridgehead atoms. The molecular formula is C12H28N2O. The maximum absolute atomic E-state index is 11.5. The van der Waals surface area contributed by atoms with Crippen LogP contribution >= 0.6 is 0 Å². The highest BCUT2D eigenvalue weighted by molar-refractivity contribution is 5.81. The summed E-state index contributed by atoms with van der Waals surface area (Å²) in [6.07, 6.45) is 0. The number of nitrogens with zero attached hydrogens (tertiary/aromatic N) is 1. The number of rotatable bonds is 5. The Kier molecular flexibility index (Phi) is 11.2. The molecule has 0 radical (unpaired) electrons. The standard InChI is InChI=1S/C10H22N2O.C2H6/c1-6-11-10(13)9(5)12(7-2)8(3)4;1-2/h8-9H,6-7H2,1-5H3,(H,11,13);1-2H3. The van der Waals surface area contributed by atoms with Crippen LogP contribution < -0.4 is 5.32 Å². The van der Waals surface area contributed by atoms with Gasteiger partial charge in [0.2, 0.25) is 5.91 Å². The Morgan fingerprint density at radius 1 is 1.20 bits per heavy atom. The van der Waals surface area contributed by atoms with Crippen molar-refractivity contribution in [3.8, 4) is 0 Å². The van der Waals surface area contributed by atoms with Crippen LogP contribution in [-0.2, 0) is 4.79 Å². The second-order valence-electron chi connectivity index (χ2n) is 3.49. The molecule has 1 amide bonds. The zero-order valence-electron chi connectivity index (χ0n) is 11.4. The Hall–Kier alpha value is -0.570. The number of hydrogen-bond donors (Lipinski definition) is 1. The SMILES string of the molecule is CC.CCNC(=O)C(C)N(CC)C(C)C. The van der Waals surface area contributed by atoms with Gasteiger partial charge in [0.25, 0.3) is 0 Å². The van der Waals surface area contributed by atoms with E-state index >= 15 is 0 Å². The third-order valence-corrected chi connectivity index (χ3v) is 2.26. The smallest absolute Gasteiger partial charge is 0.237 e. The summed E-state index contributed by atoms with van der Waals surface area (Å²) in [5, 5.41) is 2.83. The Morgan fingerprint density at radius 2 is 1.67 bits per heavy atom. The largest absolute Gasteiger partial charge is 0.355 e. The van der Waals surface area contributed by atoms with Gasteiger partial charge in [-0.05, 0) is 34.2 Å². The van der Waals surface area contributed by atoms with Gasteiger partial charge in [0.05, 0.1) is 6.04 Å². The van der Waals surface area contributed by atoms with Crippen molar-refractivity contribution in [1.29, 1.82) is 0 Å². The molecule has 3 heteroatoms. The Bertz CT molecular complexity index is 158. The van der Waals surface area contributed by atoms with Gasteiger partial charge in [0.15, 0.2) is 0 Å². The van der Waals surface area contributed by atoms with Crippen LogP contribution in [0.15, 0.2) is 0 Å². The van der Waals surface area contributed by atoms with E-state index in [9.17, 15) is 4.79 Å². The van der Waals surface area contributed by atoms with E-state index in [-0.39, 0.29) is 11.9 Å². The van der Waals surface area contributed by atoms with Crippen LogP contribution in [0.4, 0.5) is 0 Å². The molecule has 0 heterocycles. The molecule has 0 aliphatic rings. The van der Waals surface area contributed by atoms with Gasteiger partial charge in [-0.2, -0.15) is 0 Å². The first kappa shape index (κ1) is 16.8. The predicted molar refractivity (Wildman–Crippen MR) is 67.0 cm³/mol. The van der Waals surface area contributed by atoms with E-state index in [2.05, 4.69) is 31.0 Å². The number of likely N-dealkylation sites (N-methyl/N-ethyl adjacent to an activating group) is 2. The van der Waals surface area contributed by atoms with Gasteiger partial charge >= 0.3 is 0 Å². The highest BCUT2D eigenvalue weighted by Gasteiger charge is 2.20. The van der Waals surface area contributed by atoms with E-state index in [4.69, 9.17) is 0 Å². The summed E-state index contributed by atoms with van der Waals surface area (Å²) in [6.45, 7) is 15.8. The van der Waals surface area contributed by atoms with Gasteiger partial charge in [0.1, 0.15) is 0 Å². The maximum atomic E-state index is 11.5. The lowest BCUT2D eigenvalue weighted by atomic mass is 10.2. The van der Waals surface area contributed by atoms with Crippen molar-refractivity contribution >= 4 is 5.91 Å². The summed E-state index contributed by atoms with van der Waals surface area (Å²) in [4.78, 5) is 13.7. The van der Waals surface area contributed by atoms with Crippen molar-refractivity contribution in [1.82, 2.24) is 10.2 Å². The molecule has 0 aromatic rings. The van der Waals surface area contributed by atoms with Gasteiger partial charge < -0.3 is 5.32 Å². The molecule has 1 atom stereocenters. The number of carbonyl (C=O) groups excluding carboxylic acids is 1. The molecule has 0 aliphatic carbocycles. The van der Waals surface area contributed by atoms with E-state index in [0.717, 1.165) is 6.54 Å². The number of carbonyl (C=O) groups is 1. The molecule has 0 spiro atoms. The first-order valence-electron chi connectivity index (χ1n) is 6.08. The van der Waals surface area contributed by atoms with E-state index in [1.165, 1.54) is 0 Å². The molecule has 1 unspecified atom stereocenters. The Balaban J connectivity index is 0. The fraction of sp³-hybridized carbons (Fsp3) is 0.917. The van der Waals surface area contributed by atoms with Crippen molar-refractivity contribution in [2.24, 2.45) is 0 Å². The molecule has 0 rings (SSSR count). The van der Waals surface area contributed by atoms with Crippen molar-refractivity contribution in [2.45, 2.75) is 60.5 Å². The van der Waals surface area contributed by atoms with E-state index in [0.29, 0.717) is 12.6 Å². The topological polar surface area (TPSA) is 32.3 Å². The molecule has 0 aliphatic heterocycles. The van der Waals surface area contributed by atoms with Crippen molar-refractivity contribution < 1.29 is 4.79 Å². The van der Waals surface area contributed by atoms with E-state index < -0.39 is 0 Å². The molecule has 0 aromatic carbocycles. The second kappa shape index (κ2) is 9.97. The monoisotopic (exact) mass is 216 g/mol. The average Bonchev–Trinajstić information content (AvgIpc) is 2.21. The third-order valence-electron chi connectivity index (χ3n) is 2.26. The molecule has 0 saturated carbocycles. The van der Waals surface area contributed by atoms with Crippen LogP contribution in [-0.4, -0.2) is 36.0 Å². The first-order valence-corrected chi connectivity index (χ1v) is 6.08. The molecular weight excluding hydrogens is 188 g/mol. The average molecular weight is 216 g/mol. The number of nitrogens with one attached hydrogen (secondary N) is 1. The first-order chi connectivity index (χ1) is 7.04. The van der Waals surface area contributed by atoms with Crippen LogP contribution in [0.5, 0.6) is 0 Å². The predicted octanol–water partition coefficient (Wildman–Crippen LogP) is 2.27. The summed E-state index contributed by atoms with van der Waals surface area (Å²) in [5.41, 5.74) is 0. The van der Waals surface area contributed by atoms with Gasteiger partial charge in [-0.25, -0.2) is 0 Å². The third kappa shape index (κ3) is 6.50. The van der Waals surface area contributed by atoms with Crippen LogP contribution in [0.2, 0.25) is 0 Å². The minimum absolute atomic E-state index is 0.0232. The Morgan fingerprint density at radius 3 is 1.93 bits per heavy atom. The molecule has 0 fully saturated rings. The van der Waals surface area contributed by atoms with Crippen LogP contribution in [0.25, 0.3) is 0 Å². The van der Waals surface area contributed by atoms with Crippen molar-refractivity contribution in [3.05, 3.63) is 0 Å². The fourth-order valence-corrected chi connectivity index (χ4v) is 1.56. The molecule has 92 valence electrons. The van der Waals surface area contributed by atoms with Crippen LogP contribution in [0.3, 0.4) is 0 Å². The Labute approximate surface area is 95.2 Å². The van der Waals surface area contributed by atoms with E-state index in [1.807, 2.05) is 27.7 Å². The molecule has 3 nitrogen and oxygen atoms in total. The summed E-state index contributed by atoms with van der Waals surface area (Å²) in [7, 11) is 0. The van der Waals surface area contributed by atoms with Crippen molar-refractivity contribution in [3.63, 3.8) is 0 Å². The lowest BCUT2D eigenvalue weighted by Gasteiger charge is -2.30. The van der Waals surface area contributed by atoms with Crippen molar-refractivity contribution in [2.75, 3.05) is 13.1 Å².